The first kappa shape index (κ1) is 28.2. The molecule has 0 aliphatic carbocycles. The van der Waals surface area contributed by atoms with Gasteiger partial charge in [0.1, 0.15) is 11.8 Å². The molecule has 5 rings (SSSR count). The maximum atomic E-state index is 14.9. The van der Waals surface area contributed by atoms with E-state index in [0.717, 1.165) is 43.1 Å². The molecule has 1 aromatic carbocycles. The maximum absolute atomic E-state index is 14.9. The summed E-state index contributed by atoms with van der Waals surface area (Å²) in [5.74, 6) is -0.406. The number of anilines is 1. The lowest BCUT2D eigenvalue weighted by Crippen LogP contribution is -2.44. The third-order valence-corrected chi connectivity index (χ3v) is 9.19. The normalized spacial score (nSPS) is 24.5. The van der Waals surface area contributed by atoms with Crippen LogP contribution in [0, 0.1) is 17.0 Å². The van der Waals surface area contributed by atoms with E-state index in [1.807, 2.05) is 13.8 Å². The number of nitrogens with zero attached hydrogens (tertiary/aromatic N) is 4. The largest absolute Gasteiger partial charge is 0.370 e. The molecule has 1 amide bonds. The van der Waals surface area contributed by atoms with E-state index in [2.05, 4.69) is 28.4 Å². The zero-order chi connectivity index (χ0) is 27.8. The van der Waals surface area contributed by atoms with Gasteiger partial charge in [-0.05, 0) is 25.0 Å². The third-order valence-electron chi connectivity index (χ3n) is 7.90. The molecular weight excluding hydrogens is 539 g/mol. The van der Waals surface area contributed by atoms with Crippen LogP contribution in [0.15, 0.2) is 36.4 Å². The summed E-state index contributed by atoms with van der Waals surface area (Å²) in [6, 6.07) is 6.66. The number of alkyl halides is 1. The number of halogens is 2. The van der Waals surface area contributed by atoms with Crippen LogP contribution in [0.3, 0.4) is 0 Å². The highest BCUT2D eigenvalue weighted by atomic mass is 35.5. The van der Waals surface area contributed by atoms with Crippen LogP contribution >= 0.6 is 22.9 Å². The Kier molecular flexibility index (Phi) is 8.42. The summed E-state index contributed by atoms with van der Waals surface area (Å²) in [7, 11) is 2.08. The number of benzene rings is 1. The molecule has 0 radical (unpaired) electrons. The molecule has 0 spiro atoms. The van der Waals surface area contributed by atoms with E-state index in [1.165, 1.54) is 0 Å². The van der Waals surface area contributed by atoms with Crippen molar-refractivity contribution < 1.29 is 18.7 Å². The highest BCUT2D eigenvalue weighted by Crippen LogP contribution is 2.37. The number of likely N-dealkylation sites (N-methyl/N-ethyl adjacent to an activating group) is 1. The fourth-order valence-corrected chi connectivity index (χ4v) is 7.01. The molecule has 1 aromatic heterocycles. The lowest BCUT2D eigenvalue weighted by Gasteiger charge is -2.31. The van der Waals surface area contributed by atoms with Crippen LogP contribution in [0.4, 0.5) is 9.52 Å². The fraction of sp³-hybridized carbons (Fsp3) is 0.552. The number of likely N-dealkylation sites (tertiary alicyclic amines) is 1. The first-order valence-electron chi connectivity index (χ1n) is 13.6. The molecule has 7 nitrogen and oxygen atoms in total. The van der Waals surface area contributed by atoms with Gasteiger partial charge in [-0.25, -0.2) is 4.98 Å². The van der Waals surface area contributed by atoms with Gasteiger partial charge in [-0.2, -0.15) is 4.39 Å². The zero-order valence-corrected chi connectivity index (χ0v) is 24.3. The molecule has 2 aromatic rings. The van der Waals surface area contributed by atoms with Gasteiger partial charge in [-0.3, -0.25) is 9.59 Å². The summed E-state index contributed by atoms with van der Waals surface area (Å²) < 4.78 is 20.6. The molecule has 4 heterocycles. The Morgan fingerprint density at radius 1 is 1.21 bits per heavy atom. The van der Waals surface area contributed by atoms with Gasteiger partial charge >= 0.3 is 0 Å². The summed E-state index contributed by atoms with van der Waals surface area (Å²) in [4.78, 5) is 37.7. The number of thiazole rings is 1. The van der Waals surface area contributed by atoms with Gasteiger partial charge in [0.15, 0.2) is 10.9 Å². The number of aromatic nitrogens is 1. The summed E-state index contributed by atoms with van der Waals surface area (Å²) in [6.45, 7) is 12.4. The minimum absolute atomic E-state index is 0.0700. The molecule has 3 aliphatic rings. The molecule has 4 atom stereocenters. The fourth-order valence-electron chi connectivity index (χ4n) is 5.78. The van der Waals surface area contributed by atoms with Gasteiger partial charge in [0.2, 0.25) is 11.0 Å². The molecule has 0 N–H and O–H groups in total. The number of hydrogen-bond acceptors (Lipinski definition) is 7. The van der Waals surface area contributed by atoms with Crippen molar-refractivity contribution in [2.24, 2.45) is 11.8 Å². The number of piperazine rings is 1. The quantitative estimate of drug-likeness (QED) is 0.258. The van der Waals surface area contributed by atoms with Crippen molar-refractivity contribution in [3.63, 3.8) is 0 Å². The second-order valence-corrected chi connectivity index (χ2v) is 12.8. The van der Waals surface area contributed by atoms with Crippen LogP contribution in [0.2, 0.25) is 0 Å². The van der Waals surface area contributed by atoms with Crippen LogP contribution in [-0.4, -0.2) is 90.4 Å². The molecule has 10 heteroatoms. The van der Waals surface area contributed by atoms with Crippen molar-refractivity contribution in [1.82, 2.24) is 14.8 Å². The maximum Gasteiger partial charge on any atom is 0.226 e. The first-order chi connectivity index (χ1) is 18.6. The predicted octanol–water partition coefficient (Wildman–Crippen LogP) is 4.71. The average Bonchev–Trinajstić information content (AvgIpc) is 3.58. The Balaban J connectivity index is 1.28. The van der Waals surface area contributed by atoms with Gasteiger partial charge in [-0.1, -0.05) is 56.0 Å². The number of fused-ring (bicyclic) bond motifs is 1. The van der Waals surface area contributed by atoms with Gasteiger partial charge in [-0.15, -0.1) is 11.6 Å². The lowest BCUT2D eigenvalue weighted by atomic mass is 9.89. The minimum Gasteiger partial charge on any atom is -0.370 e. The average molecular weight is 575 g/mol. The summed E-state index contributed by atoms with van der Waals surface area (Å²) >= 11 is 7.55. The van der Waals surface area contributed by atoms with Crippen molar-refractivity contribution >= 4 is 39.8 Å². The number of carbonyl (C=O) groups excluding carboxylic acids is 2. The summed E-state index contributed by atoms with van der Waals surface area (Å²) in [5.41, 5.74) is 2.29. The molecule has 0 unspecified atom stereocenters. The predicted molar refractivity (Wildman–Crippen MR) is 153 cm³/mol. The Morgan fingerprint density at radius 2 is 1.90 bits per heavy atom. The van der Waals surface area contributed by atoms with Gasteiger partial charge < -0.3 is 19.4 Å². The topological polar surface area (TPSA) is 66.0 Å². The van der Waals surface area contributed by atoms with Crippen LogP contribution in [0.25, 0.3) is 11.3 Å². The van der Waals surface area contributed by atoms with Crippen molar-refractivity contribution in [2.75, 3.05) is 51.3 Å². The second-order valence-electron chi connectivity index (χ2n) is 11.3. The van der Waals surface area contributed by atoms with E-state index in [0.29, 0.717) is 41.5 Å². The Bertz CT molecular complexity index is 1230. The van der Waals surface area contributed by atoms with E-state index in [-0.39, 0.29) is 46.7 Å². The van der Waals surface area contributed by atoms with Gasteiger partial charge in [0.25, 0.3) is 0 Å². The van der Waals surface area contributed by atoms with Crippen molar-refractivity contribution in [3.05, 3.63) is 47.1 Å². The molecule has 0 bridgehead atoms. The van der Waals surface area contributed by atoms with Gasteiger partial charge in [0.05, 0.1) is 18.0 Å². The van der Waals surface area contributed by atoms with Crippen molar-refractivity contribution in [2.45, 2.75) is 44.2 Å². The minimum atomic E-state index is -0.463. The Labute approximate surface area is 238 Å². The molecule has 210 valence electrons. The third kappa shape index (κ3) is 5.92. The Morgan fingerprint density at radius 3 is 2.56 bits per heavy atom. The van der Waals surface area contributed by atoms with E-state index < -0.39 is 5.92 Å². The number of amides is 1. The number of rotatable bonds is 8. The highest BCUT2D eigenvalue weighted by molar-refractivity contribution is 7.14. The number of ether oxygens (including phenoxy) is 1. The standard InChI is InChI=1S/C29H36ClFN4O3S/c1-17(2)13-21(28(37)35-15-22(30)26-25(35)18(3)16-38-26)14-23(36)19-5-7-20(8-6-19)24-27(31)39-29(32-24)34-11-9-33(4)10-12-34/h5-8,17,21-22,25-26H,3,9-16H2,1-2,4H3/t21-,22-,25-,26-/m1/s1. The van der Waals surface area contributed by atoms with Crippen molar-refractivity contribution in [3.8, 4) is 11.3 Å². The molecule has 3 aliphatic heterocycles. The van der Waals surface area contributed by atoms with E-state index >= 15 is 0 Å². The van der Waals surface area contributed by atoms with Crippen LogP contribution in [0.1, 0.15) is 37.0 Å². The number of ketones is 1. The molecular formula is C29H36ClFN4O3S. The van der Waals surface area contributed by atoms with Gasteiger partial charge in [0, 0.05) is 56.2 Å². The first-order valence-corrected chi connectivity index (χ1v) is 14.8. The molecule has 0 saturated carbocycles. The van der Waals surface area contributed by atoms with Crippen LogP contribution in [-0.2, 0) is 9.53 Å². The summed E-state index contributed by atoms with van der Waals surface area (Å²) in [5, 5.41) is 0.0677. The SMILES string of the molecule is C=C1CO[C@@H]2[C@H](Cl)CN(C(=O)[C@@H](CC(=O)c3ccc(-c4nc(N5CCN(C)CC5)sc4F)cc3)CC(C)C)[C@H]12. The highest BCUT2D eigenvalue weighted by Gasteiger charge is 2.50. The van der Waals surface area contributed by atoms with Crippen LogP contribution < -0.4 is 4.90 Å². The zero-order valence-electron chi connectivity index (χ0n) is 22.7. The number of Topliss-reactive ketones (excluding diaryl/α,β-unsaturated/α-hetero) is 1. The lowest BCUT2D eigenvalue weighted by molar-refractivity contribution is -0.136. The van der Waals surface area contributed by atoms with Crippen molar-refractivity contribution in [1.29, 1.82) is 0 Å². The summed E-state index contributed by atoms with van der Waals surface area (Å²) in [6.07, 6.45) is 0.452. The molecule has 3 fully saturated rings. The second kappa shape index (κ2) is 11.6. The molecule has 3 saturated heterocycles. The number of hydrogen-bond donors (Lipinski definition) is 0. The number of carbonyl (C=O) groups is 2. The van der Waals surface area contributed by atoms with E-state index in [9.17, 15) is 14.0 Å². The van der Waals surface area contributed by atoms with E-state index in [4.69, 9.17) is 16.3 Å². The van der Waals surface area contributed by atoms with Crippen LogP contribution in [0.5, 0.6) is 0 Å². The Hall–Kier alpha value is -2.33. The molecule has 39 heavy (non-hydrogen) atoms. The monoisotopic (exact) mass is 574 g/mol. The van der Waals surface area contributed by atoms with E-state index in [1.54, 1.807) is 29.2 Å². The smallest absolute Gasteiger partial charge is 0.226 e.